The first-order valence-electron chi connectivity index (χ1n) is 5.35. The van der Waals surface area contributed by atoms with Crippen molar-refractivity contribution in [1.82, 2.24) is 0 Å². The van der Waals surface area contributed by atoms with Crippen molar-refractivity contribution in [2.24, 2.45) is 0 Å². The maximum Gasteiger partial charge on any atom is 0.129 e. The highest BCUT2D eigenvalue weighted by atomic mass is 35.5. The van der Waals surface area contributed by atoms with Crippen molar-refractivity contribution < 1.29 is 8.60 Å². The van der Waals surface area contributed by atoms with Crippen molar-refractivity contribution in [2.45, 2.75) is 10.6 Å². The Morgan fingerprint density at radius 2 is 1.89 bits per heavy atom. The fourth-order valence-corrected chi connectivity index (χ4v) is 3.13. The molecular formula is C13H10Cl2FNOS. The van der Waals surface area contributed by atoms with E-state index in [9.17, 15) is 8.60 Å². The number of hydrogen-bond donors (Lipinski definition) is 1. The molecule has 0 spiro atoms. The minimum Gasteiger partial charge on any atom is -0.398 e. The molecule has 0 aliphatic carbocycles. The second-order valence-corrected chi connectivity index (χ2v) is 6.14. The van der Waals surface area contributed by atoms with Crippen LogP contribution in [0, 0.1) is 5.82 Å². The molecule has 1 unspecified atom stereocenters. The van der Waals surface area contributed by atoms with E-state index in [2.05, 4.69) is 0 Å². The van der Waals surface area contributed by atoms with Gasteiger partial charge in [-0.25, -0.2) is 4.39 Å². The van der Waals surface area contributed by atoms with Crippen LogP contribution < -0.4 is 5.73 Å². The second-order valence-electron chi connectivity index (χ2n) is 3.87. The van der Waals surface area contributed by atoms with E-state index in [1.807, 2.05) is 0 Å². The molecule has 1 atom stereocenters. The Kier molecular flexibility index (Phi) is 4.45. The minimum atomic E-state index is -1.44. The lowest BCUT2D eigenvalue weighted by Gasteiger charge is -2.07. The van der Waals surface area contributed by atoms with Gasteiger partial charge in [0, 0.05) is 16.1 Å². The molecule has 2 N–H and O–H groups in total. The highest BCUT2D eigenvalue weighted by molar-refractivity contribution is 7.84. The number of nitrogen functional groups attached to an aromatic ring is 1. The van der Waals surface area contributed by atoms with E-state index in [0.717, 1.165) is 0 Å². The Labute approximate surface area is 122 Å². The lowest BCUT2D eigenvalue weighted by molar-refractivity contribution is 0.616. The van der Waals surface area contributed by atoms with Crippen LogP contribution in [0.15, 0.2) is 41.3 Å². The van der Waals surface area contributed by atoms with E-state index >= 15 is 0 Å². The van der Waals surface area contributed by atoms with Crippen LogP contribution in [-0.4, -0.2) is 4.21 Å². The predicted molar refractivity (Wildman–Crippen MR) is 77.4 cm³/mol. The molecule has 0 saturated carbocycles. The number of benzene rings is 2. The molecule has 0 aromatic heterocycles. The van der Waals surface area contributed by atoms with Crippen LogP contribution in [0.25, 0.3) is 0 Å². The fourth-order valence-electron chi connectivity index (χ4n) is 1.56. The van der Waals surface area contributed by atoms with E-state index in [0.29, 0.717) is 14.9 Å². The zero-order valence-corrected chi connectivity index (χ0v) is 12.0. The first kappa shape index (κ1) is 14.3. The summed E-state index contributed by atoms with van der Waals surface area (Å²) in [4.78, 5) is 0.483. The molecule has 19 heavy (non-hydrogen) atoms. The van der Waals surface area contributed by atoms with Gasteiger partial charge < -0.3 is 5.73 Å². The standard InChI is InChI=1S/C13H10Cl2FNOS/c14-10-5-4-8(6-11(10)15)19(18)7-9-12(16)2-1-3-13(9)17/h1-6H,7,17H2. The summed E-state index contributed by atoms with van der Waals surface area (Å²) in [5.41, 5.74) is 6.21. The number of rotatable bonds is 3. The Morgan fingerprint density at radius 3 is 2.53 bits per heavy atom. The van der Waals surface area contributed by atoms with Crippen molar-refractivity contribution in [3.05, 3.63) is 57.8 Å². The van der Waals surface area contributed by atoms with Gasteiger partial charge in [0.25, 0.3) is 0 Å². The molecule has 0 bridgehead atoms. The zero-order valence-electron chi connectivity index (χ0n) is 9.70. The number of anilines is 1. The lowest BCUT2D eigenvalue weighted by Crippen LogP contribution is -2.03. The van der Waals surface area contributed by atoms with Gasteiger partial charge in [-0.2, -0.15) is 0 Å². The van der Waals surface area contributed by atoms with Gasteiger partial charge in [-0.3, -0.25) is 4.21 Å². The van der Waals surface area contributed by atoms with Crippen molar-refractivity contribution in [1.29, 1.82) is 0 Å². The van der Waals surface area contributed by atoms with Crippen LogP contribution in [0.3, 0.4) is 0 Å². The van der Waals surface area contributed by atoms with Gasteiger partial charge in [-0.1, -0.05) is 29.3 Å². The summed E-state index contributed by atoms with van der Waals surface area (Å²) in [5, 5.41) is 0.696. The molecule has 0 fully saturated rings. The van der Waals surface area contributed by atoms with Crippen molar-refractivity contribution in [3.63, 3.8) is 0 Å². The van der Waals surface area contributed by atoms with E-state index in [-0.39, 0.29) is 17.0 Å². The summed E-state index contributed by atoms with van der Waals surface area (Å²) in [6.07, 6.45) is 0. The first-order valence-corrected chi connectivity index (χ1v) is 7.43. The molecule has 0 amide bonds. The first-order chi connectivity index (χ1) is 8.99. The average molecular weight is 318 g/mol. The normalized spacial score (nSPS) is 12.4. The molecule has 2 rings (SSSR count). The molecule has 0 heterocycles. The van der Waals surface area contributed by atoms with E-state index in [1.165, 1.54) is 18.2 Å². The Hall–Kier alpha value is -1.10. The molecule has 100 valence electrons. The highest BCUT2D eigenvalue weighted by Gasteiger charge is 2.13. The quantitative estimate of drug-likeness (QED) is 0.869. The number of halogens is 3. The predicted octanol–water partition coefficient (Wildman–Crippen LogP) is 4.02. The van der Waals surface area contributed by atoms with Crippen LogP contribution in [0.2, 0.25) is 10.0 Å². The van der Waals surface area contributed by atoms with Crippen LogP contribution in [0.4, 0.5) is 10.1 Å². The summed E-state index contributed by atoms with van der Waals surface area (Å²) in [6.45, 7) is 0. The van der Waals surface area contributed by atoms with Gasteiger partial charge in [0.05, 0.1) is 26.6 Å². The third kappa shape index (κ3) is 3.26. The molecule has 2 aromatic carbocycles. The van der Waals surface area contributed by atoms with Crippen LogP contribution in [-0.2, 0) is 16.6 Å². The molecule has 6 heteroatoms. The van der Waals surface area contributed by atoms with Gasteiger partial charge in [0.1, 0.15) is 5.82 Å². The Balaban J connectivity index is 2.28. The molecule has 0 saturated heterocycles. The third-order valence-electron chi connectivity index (χ3n) is 2.58. The third-order valence-corrected chi connectivity index (χ3v) is 4.65. The summed E-state index contributed by atoms with van der Waals surface area (Å²) in [5.74, 6) is -0.468. The summed E-state index contributed by atoms with van der Waals surface area (Å²) in [7, 11) is -1.44. The smallest absolute Gasteiger partial charge is 0.129 e. The van der Waals surface area contributed by atoms with Crippen LogP contribution in [0.1, 0.15) is 5.56 Å². The van der Waals surface area contributed by atoms with Gasteiger partial charge in [-0.05, 0) is 30.3 Å². The van der Waals surface area contributed by atoms with E-state index in [4.69, 9.17) is 28.9 Å². The molecule has 0 radical (unpaired) electrons. The molecular weight excluding hydrogens is 308 g/mol. The molecule has 0 aliphatic rings. The summed E-state index contributed by atoms with van der Waals surface area (Å²) < 4.78 is 25.8. The molecule has 2 nitrogen and oxygen atoms in total. The largest absolute Gasteiger partial charge is 0.398 e. The lowest BCUT2D eigenvalue weighted by atomic mass is 10.2. The topological polar surface area (TPSA) is 43.1 Å². The van der Waals surface area contributed by atoms with E-state index < -0.39 is 16.6 Å². The van der Waals surface area contributed by atoms with Crippen molar-refractivity contribution >= 4 is 39.7 Å². The highest BCUT2D eigenvalue weighted by Crippen LogP contribution is 2.26. The molecule has 2 aromatic rings. The zero-order chi connectivity index (χ0) is 14.0. The van der Waals surface area contributed by atoms with Gasteiger partial charge >= 0.3 is 0 Å². The van der Waals surface area contributed by atoms with Crippen molar-refractivity contribution in [3.8, 4) is 0 Å². The molecule has 0 aliphatic heterocycles. The van der Waals surface area contributed by atoms with E-state index in [1.54, 1.807) is 18.2 Å². The Morgan fingerprint density at radius 1 is 1.16 bits per heavy atom. The average Bonchev–Trinajstić information content (AvgIpc) is 2.37. The minimum absolute atomic E-state index is 0.00350. The Bertz CT molecular complexity index is 628. The van der Waals surface area contributed by atoms with Crippen molar-refractivity contribution in [2.75, 3.05) is 5.73 Å². The van der Waals surface area contributed by atoms with Crippen LogP contribution in [0.5, 0.6) is 0 Å². The van der Waals surface area contributed by atoms with Gasteiger partial charge in [-0.15, -0.1) is 0 Å². The maximum absolute atomic E-state index is 13.6. The SMILES string of the molecule is Nc1cccc(F)c1CS(=O)c1ccc(Cl)c(Cl)c1. The van der Waals surface area contributed by atoms with Crippen LogP contribution >= 0.6 is 23.2 Å². The van der Waals surface area contributed by atoms with Gasteiger partial charge in [0.15, 0.2) is 0 Å². The second kappa shape index (κ2) is 5.90. The monoisotopic (exact) mass is 317 g/mol. The summed E-state index contributed by atoms with van der Waals surface area (Å²) >= 11 is 11.6. The summed E-state index contributed by atoms with van der Waals surface area (Å²) in [6, 6.07) is 9.04. The maximum atomic E-state index is 13.6. The van der Waals surface area contributed by atoms with Gasteiger partial charge in [0.2, 0.25) is 0 Å². The number of nitrogens with two attached hydrogens (primary N) is 1. The number of hydrogen-bond acceptors (Lipinski definition) is 2. The fraction of sp³-hybridized carbons (Fsp3) is 0.0769.